The first-order valence-electron chi connectivity index (χ1n) is 21.9. The van der Waals surface area contributed by atoms with Crippen molar-refractivity contribution in [3.8, 4) is 33.6 Å². The van der Waals surface area contributed by atoms with Gasteiger partial charge in [0.05, 0.1) is 50.1 Å². The molecular weight excluding hydrogens is 785 g/mol. The lowest BCUT2D eigenvalue weighted by molar-refractivity contribution is -0.139. The van der Waals surface area contributed by atoms with E-state index in [1.165, 1.54) is 14.2 Å². The molecule has 5 aromatic rings. The number of methoxy groups -OCH3 is 2. The summed E-state index contributed by atoms with van der Waals surface area (Å²) in [5.74, 6) is 1.44. The number of carbonyl (C=O) groups is 4. The van der Waals surface area contributed by atoms with Gasteiger partial charge in [-0.1, -0.05) is 76.2 Å². The second-order valence-corrected chi connectivity index (χ2v) is 18.5. The van der Waals surface area contributed by atoms with Gasteiger partial charge in [-0.05, 0) is 101 Å². The van der Waals surface area contributed by atoms with E-state index in [0.29, 0.717) is 12.5 Å². The number of aromatic amines is 2. The van der Waals surface area contributed by atoms with Crippen LogP contribution in [0, 0.1) is 23.2 Å². The summed E-state index contributed by atoms with van der Waals surface area (Å²) in [6.07, 6.45) is 8.43. The van der Waals surface area contributed by atoms with Gasteiger partial charge in [-0.15, -0.1) is 0 Å². The van der Waals surface area contributed by atoms with Crippen molar-refractivity contribution >= 4 is 34.8 Å². The summed E-state index contributed by atoms with van der Waals surface area (Å²) >= 11 is 0. The van der Waals surface area contributed by atoms with Gasteiger partial charge in [0.15, 0.2) is 0 Å². The molecule has 2 aromatic heterocycles. The largest absolute Gasteiger partial charge is 0.453 e. The van der Waals surface area contributed by atoms with Crippen molar-refractivity contribution in [2.75, 3.05) is 20.8 Å². The number of imidazole rings is 2. The highest BCUT2D eigenvalue weighted by molar-refractivity contribution is 5.91. The number of rotatable bonds is 11. The van der Waals surface area contributed by atoms with Gasteiger partial charge in [0.1, 0.15) is 23.7 Å². The molecule has 1 unspecified atom stereocenters. The highest BCUT2D eigenvalue weighted by Crippen LogP contribution is 2.58. The second-order valence-electron chi connectivity index (χ2n) is 18.5. The van der Waals surface area contributed by atoms with Crippen LogP contribution in [0.3, 0.4) is 0 Å². The summed E-state index contributed by atoms with van der Waals surface area (Å²) in [4.78, 5) is 72.7. The molecule has 62 heavy (non-hydrogen) atoms. The lowest BCUT2D eigenvalue weighted by Crippen LogP contribution is -2.54. The maximum absolute atomic E-state index is 14.0. The van der Waals surface area contributed by atoms with E-state index in [4.69, 9.17) is 19.4 Å². The summed E-state index contributed by atoms with van der Waals surface area (Å²) in [5, 5.41) is 7.73. The van der Waals surface area contributed by atoms with E-state index in [1.54, 1.807) is 0 Å². The summed E-state index contributed by atoms with van der Waals surface area (Å²) in [5.41, 5.74) is 6.09. The first-order chi connectivity index (χ1) is 29.8. The molecule has 2 aliphatic carbocycles. The Morgan fingerprint density at radius 2 is 1.26 bits per heavy atom. The van der Waals surface area contributed by atoms with Crippen LogP contribution in [0.1, 0.15) is 90.0 Å². The fraction of sp³-hybridized carbons (Fsp3) is 0.458. The van der Waals surface area contributed by atoms with Gasteiger partial charge in [0.25, 0.3) is 0 Å². The molecule has 2 bridgehead atoms. The Morgan fingerprint density at radius 3 is 1.89 bits per heavy atom. The van der Waals surface area contributed by atoms with Crippen LogP contribution in [0.25, 0.3) is 44.4 Å². The zero-order chi connectivity index (χ0) is 43.4. The van der Waals surface area contributed by atoms with Crippen LogP contribution in [0.2, 0.25) is 0 Å². The summed E-state index contributed by atoms with van der Waals surface area (Å²) in [6, 6.07) is 19.7. The third-order valence-corrected chi connectivity index (χ3v) is 13.8. The van der Waals surface area contributed by atoms with E-state index < -0.39 is 24.3 Å². The molecule has 324 valence electrons. The number of nitrogens with zero attached hydrogens (tertiary/aromatic N) is 4. The number of piperidine rings is 1. The van der Waals surface area contributed by atoms with Gasteiger partial charge in [0, 0.05) is 18.2 Å². The molecule has 9 rings (SSSR count). The topological polar surface area (TPSA) is 175 Å². The molecule has 1 spiro atoms. The molecule has 2 aliphatic heterocycles. The van der Waals surface area contributed by atoms with Crippen LogP contribution in [0.15, 0.2) is 73.1 Å². The number of likely N-dealkylation sites (tertiary alicyclic amines) is 2. The molecule has 4 heterocycles. The monoisotopic (exact) mass is 840 g/mol. The van der Waals surface area contributed by atoms with Gasteiger partial charge in [-0.25, -0.2) is 19.6 Å². The lowest BCUT2D eigenvalue weighted by atomic mass is 9.95. The maximum Gasteiger partial charge on any atom is 0.407 e. The van der Waals surface area contributed by atoms with Crippen LogP contribution in [0.5, 0.6) is 0 Å². The quantitative estimate of drug-likeness (QED) is 0.103. The molecule has 2 saturated carbocycles. The molecule has 4 aliphatic rings. The Labute approximate surface area is 361 Å². The van der Waals surface area contributed by atoms with Crippen molar-refractivity contribution in [1.29, 1.82) is 0 Å². The number of hydrogen-bond donors (Lipinski definition) is 4. The predicted molar refractivity (Wildman–Crippen MR) is 234 cm³/mol. The summed E-state index contributed by atoms with van der Waals surface area (Å²) < 4.78 is 9.65. The summed E-state index contributed by atoms with van der Waals surface area (Å²) in [7, 11) is 2.62. The van der Waals surface area contributed by atoms with E-state index in [0.717, 1.165) is 94.6 Å². The van der Waals surface area contributed by atoms with Gasteiger partial charge < -0.3 is 39.9 Å². The number of amides is 4. The van der Waals surface area contributed by atoms with Crippen LogP contribution >= 0.6 is 0 Å². The minimum absolute atomic E-state index is 0.0905. The molecule has 4 N–H and O–H groups in total. The highest BCUT2D eigenvalue weighted by atomic mass is 16.5. The SMILES string of the molecule is COC(=O)N[C@H](C(=O)N1CC2(CC2)C[C@H]1c1ncc(-c2ccc(-c3ccc4cc(-c5cnc([C@@H]6[C@H]7CCC(C7)N6C(=O)[C@@H](NC(=O)OC)C(C)C)[nH]5)ccc4c3)cc2)[nH]1)C(C)C. The third-order valence-electron chi connectivity index (χ3n) is 13.8. The lowest BCUT2D eigenvalue weighted by Gasteiger charge is -2.37. The van der Waals surface area contributed by atoms with Gasteiger partial charge in [0.2, 0.25) is 11.8 Å². The average molecular weight is 841 g/mol. The number of aromatic nitrogens is 4. The Balaban J connectivity index is 0.893. The molecule has 14 heteroatoms. The molecule has 4 amide bonds. The first kappa shape index (κ1) is 41.2. The Hall–Kier alpha value is -6.18. The van der Waals surface area contributed by atoms with Crippen LogP contribution in [0.4, 0.5) is 9.59 Å². The van der Waals surface area contributed by atoms with E-state index >= 15 is 0 Å². The Kier molecular flexibility index (Phi) is 10.8. The standard InChI is InChI=1S/C48H56N8O6/c1-26(2)39(53-46(59)61-5)44(57)55-25-48(17-18-48)22-38(55)42-49-23-36(51-42)29-9-7-28(8-10-29)30-11-12-32-20-33(14-13-31(32)19-30)37-24-50-43(52-37)41-34-15-16-35(21-34)56(41)45(58)40(27(3)4)54-47(60)62-6/h7-14,19-20,23-24,26-27,34-35,38-41H,15-18,21-22,25H2,1-6H3,(H,49,51)(H,50,52)(H,53,59)(H,54,60)/t34-,35?,38-,39-,40-,41-/m0/s1. The van der Waals surface area contributed by atoms with Crippen molar-refractivity contribution in [2.45, 2.75) is 96.4 Å². The molecular formula is C48H56N8O6. The van der Waals surface area contributed by atoms with E-state index in [2.05, 4.69) is 81.3 Å². The number of carbonyl (C=O) groups excluding carboxylic acids is 4. The third kappa shape index (κ3) is 7.68. The number of ether oxygens (including phenoxy) is 2. The number of alkyl carbamates (subject to hydrolysis) is 2. The van der Waals surface area contributed by atoms with E-state index in [-0.39, 0.29) is 47.2 Å². The molecule has 14 nitrogen and oxygen atoms in total. The van der Waals surface area contributed by atoms with Crippen LogP contribution in [-0.2, 0) is 19.1 Å². The number of hydrogen-bond acceptors (Lipinski definition) is 8. The van der Waals surface area contributed by atoms with Crippen molar-refractivity contribution in [1.82, 2.24) is 40.4 Å². The number of fused-ring (bicyclic) bond motifs is 3. The van der Waals surface area contributed by atoms with Gasteiger partial charge in [-0.2, -0.15) is 0 Å². The van der Waals surface area contributed by atoms with Crippen LogP contribution in [-0.4, -0.2) is 92.6 Å². The van der Waals surface area contributed by atoms with Gasteiger partial charge in [-0.3, -0.25) is 9.59 Å². The zero-order valence-electron chi connectivity index (χ0n) is 36.2. The average Bonchev–Trinajstić information content (AvgIpc) is 3.91. The van der Waals surface area contributed by atoms with Crippen LogP contribution < -0.4 is 10.6 Å². The Morgan fingerprint density at radius 1 is 0.710 bits per heavy atom. The fourth-order valence-electron chi connectivity index (χ4n) is 10.2. The minimum atomic E-state index is -0.686. The normalized spacial score (nSPS) is 22.1. The minimum Gasteiger partial charge on any atom is -0.453 e. The van der Waals surface area contributed by atoms with E-state index in [9.17, 15) is 19.2 Å². The maximum atomic E-state index is 14.0. The highest BCUT2D eigenvalue weighted by Gasteiger charge is 2.55. The van der Waals surface area contributed by atoms with Gasteiger partial charge >= 0.3 is 12.2 Å². The number of benzene rings is 3. The zero-order valence-corrected chi connectivity index (χ0v) is 36.2. The van der Waals surface area contributed by atoms with Crippen molar-refractivity contribution in [3.05, 3.63) is 84.7 Å². The van der Waals surface area contributed by atoms with E-state index in [1.807, 2.05) is 49.9 Å². The first-order valence-corrected chi connectivity index (χ1v) is 21.9. The molecule has 6 atom stereocenters. The summed E-state index contributed by atoms with van der Waals surface area (Å²) in [6.45, 7) is 8.37. The van der Waals surface area contributed by atoms with Crippen molar-refractivity contribution in [3.63, 3.8) is 0 Å². The fourth-order valence-corrected chi connectivity index (χ4v) is 10.2. The number of H-pyrrole nitrogens is 2. The smallest absolute Gasteiger partial charge is 0.407 e. The predicted octanol–water partition coefficient (Wildman–Crippen LogP) is 8.15. The molecule has 0 radical (unpaired) electrons. The van der Waals surface area contributed by atoms with Crippen molar-refractivity contribution in [2.24, 2.45) is 23.2 Å². The van der Waals surface area contributed by atoms with Crippen molar-refractivity contribution < 1.29 is 28.7 Å². The second kappa shape index (κ2) is 16.3. The molecule has 4 fully saturated rings. The molecule has 3 aromatic carbocycles. The Bertz CT molecular complexity index is 2510. The molecule has 2 saturated heterocycles. The number of nitrogens with one attached hydrogen (secondary N) is 4.